The predicted molar refractivity (Wildman–Crippen MR) is 79.7 cm³/mol. The topological polar surface area (TPSA) is 70.1 Å². The first-order valence-electron chi connectivity index (χ1n) is 6.21. The monoisotopic (exact) mass is 298 g/mol. The van der Waals surface area contributed by atoms with Crippen molar-refractivity contribution in [3.05, 3.63) is 46.9 Å². The van der Waals surface area contributed by atoms with E-state index in [1.807, 2.05) is 31.0 Å². The molecule has 1 aromatic carbocycles. The molecule has 2 aromatic heterocycles. The number of rotatable bonds is 2. The number of aromatic nitrogens is 4. The van der Waals surface area contributed by atoms with Crippen molar-refractivity contribution in [2.45, 2.75) is 6.92 Å². The van der Waals surface area contributed by atoms with E-state index >= 15 is 0 Å². The van der Waals surface area contributed by atoms with Crippen molar-refractivity contribution in [3.63, 3.8) is 0 Å². The molecule has 2 heterocycles. The number of halogens is 1. The Labute approximate surface area is 126 Å². The number of benzene rings is 1. The molecular weight excluding hydrogens is 288 g/mol. The Bertz CT molecular complexity index is 864. The van der Waals surface area contributed by atoms with Crippen LogP contribution in [0.15, 0.2) is 30.6 Å². The number of nitrogens with zero attached hydrogens (tertiary/aromatic N) is 6. The second kappa shape index (κ2) is 5.04. The molecule has 0 saturated carbocycles. The van der Waals surface area contributed by atoms with E-state index in [0.717, 1.165) is 17.1 Å². The molecule has 6 nitrogen and oxygen atoms in total. The molecule has 0 aliphatic heterocycles. The molecule has 3 aromatic rings. The smallest absolute Gasteiger partial charge is 0.255 e. The minimum atomic E-state index is 0.383. The zero-order valence-electron chi connectivity index (χ0n) is 11.4. The first-order chi connectivity index (χ1) is 10.1. The predicted octanol–water partition coefficient (Wildman–Crippen LogP) is 2.73. The number of fused-ring (bicyclic) bond motifs is 1. The van der Waals surface area contributed by atoms with Gasteiger partial charge in [-0.25, -0.2) is 0 Å². The van der Waals surface area contributed by atoms with E-state index in [2.05, 4.69) is 21.1 Å². The van der Waals surface area contributed by atoms with Crippen LogP contribution < -0.4 is 4.90 Å². The molecular formula is C14H11ClN6. The normalized spacial score (nSPS) is 10.6. The van der Waals surface area contributed by atoms with E-state index in [1.165, 1.54) is 6.33 Å². The van der Waals surface area contributed by atoms with Gasteiger partial charge in [-0.3, -0.25) is 0 Å². The molecule has 3 rings (SSSR count). The molecule has 0 aliphatic rings. The maximum absolute atomic E-state index is 9.02. The van der Waals surface area contributed by atoms with Crippen LogP contribution in [-0.2, 0) is 0 Å². The van der Waals surface area contributed by atoms with Crippen molar-refractivity contribution in [1.29, 1.82) is 5.26 Å². The van der Waals surface area contributed by atoms with Crippen molar-refractivity contribution in [1.82, 2.24) is 19.6 Å². The van der Waals surface area contributed by atoms with Crippen LogP contribution in [0.2, 0.25) is 5.15 Å². The summed E-state index contributed by atoms with van der Waals surface area (Å²) in [7, 11) is 1.89. The quantitative estimate of drug-likeness (QED) is 0.680. The van der Waals surface area contributed by atoms with Gasteiger partial charge in [0.1, 0.15) is 17.3 Å². The fourth-order valence-corrected chi connectivity index (χ4v) is 2.34. The summed E-state index contributed by atoms with van der Waals surface area (Å²) in [6, 6.07) is 9.44. The van der Waals surface area contributed by atoms with Crippen molar-refractivity contribution in [2.24, 2.45) is 0 Å². The Morgan fingerprint density at radius 3 is 2.95 bits per heavy atom. The van der Waals surface area contributed by atoms with Crippen LogP contribution >= 0.6 is 11.6 Å². The van der Waals surface area contributed by atoms with Gasteiger partial charge in [-0.05, 0) is 25.1 Å². The largest absolute Gasteiger partial charge is 0.329 e. The summed E-state index contributed by atoms with van der Waals surface area (Å²) >= 11 is 6.17. The first-order valence-corrected chi connectivity index (χ1v) is 6.59. The molecule has 0 amide bonds. The standard InChI is InChI=1S/C14H11ClN6/c1-9-12(15)19-14-17-8-18-21(14)13(9)20(2)11-5-3-4-10(6-11)7-16/h3-6,8H,1-2H3. The van der Waals surface area contributed by atoms with E-state index < -0.39 is 0 Å². The number of anilines is 2. The molecule has 0 aliphatic carbocycles. The molecule has 0 spiro atoms. The second-order valence-corrected chi connectivity index (χ2v) is 4.90. The average Bonchev–Trinajstić information content (AvgIpc) is 2.95. The molecule has 0 unspecified atom stereocenters. The van der Waals surface area contributed by atoms with E-state index in [0.29, 0.717) is 16.5 Å². The Morgan fingerprint density at radius 1 is 1.38 bits per heavy atom. The van der Waals surface area contributed by atoms with E-state index in [-0.39, 0.29) is 0 Å². The highest BCUT2D eigenvalue weighted by Gasteiger charge is 2.17. The molecule has 7 heteroatoms. The lowest BCUT2D eigenvalue weighted by atomic mass is 10.2. The van der Waals surface area contributed by atoms with Crippen LogP contribution in [0.4, 0.5) is 11.5 Å². The summed E-state index contributed by atoms with van der Waals surface area (Å²) in [5, 5.41) is 13.6. The molecule has 0 bridgehead atoms. The minimum absolute atomic E-state index is 0.383. The summed E-state index contributed by atoms with van der Waals surface area (Å²) < 4.78 is 1.63. The Balaban J connectivity index is 2.21. The fraction of sp³-hybridized carbons (Fsp3) is 0.143. The van der Waals surface area contributed by atoms with Crippen LogP contribution in [0, 0.1) is 18.3 Å². The van der Waals surface area contributed by atoms with Crippen LogP contribution in [-0.4, -0.2) is 26.6 Å². The summed E-state index contributed by atoms with van der Waals surface area (Å²) in [6.45, 7) is 1.87. The summed E-state index contributed by atoms with van der Waals surface area (Å²) in [6.07, 6.45) is 1.43. The van der Waals surface area contributed by atoms with Gasteiger partial charge in [0, 0.05) is 18.3 Å². The van der Waals surface area contributed by atoms with Crippen LogP contribution in [0.5, 0.6) is 0 Å². The second-order valence-electron chi connectivity index (χ2n) is 4.54. The van der Waals surface area contributed by atoms with Gasteiger partial charge in [0.25, 0.3) is 5.78 Å². The zero-order chi connectivity index (χ0) is 15.0. The lowest BCUT2D eigenvalue weighted by Crippen LogP contribution is -2.16. The van der Waals surface area contributed by atoms with Gasteiger partial charge in [0.05, 0.1) is 11.6 Å². The Hall–Kier alpha value is -2.65. The SMILES string of the molecule is Cc1c(Cl)nc2ncnn2c1N(C)c1cccc(C#N)c1. The van der Waals surface area contributed by atoms with Crippen molar-refractivity contribution < 1.29 is 0 Å². The van der Waals surface area contributed by atoms with Gasteiger partial charge in [0.15, 0.2) is 0 Å². The minimum Gasteiger partial charge on any atom is -0.329 e. The van der Waals surface area contributed by atoms with E-state index in [9.17, 15) is 0 Å². The van der Waals surface area contributed by atoms with Gasteiger partial charge in [-0.2, -0.15) is 24.8 Å². The zero-order valence-corrected chi connectivity index (χ0v) is 12.2. The highest BCUT2D eigenvalue weighted by molar-refractivity contribution is 6.30. The lowest BCUT2D eigenvalue weighted by Gasteiger charge is -2.22. The van der Waals surface area contributed by atoms with Gasteiger partial charge in [-0.15, -0.1) is 0 Å². The molecule has 104 valence electrons. The van der Waals surface area contributed by atoms with Crippen molar-refractivity contribution in [3.8, 4) is 6.07 Å². The number of nitriles is 1. The molecule has 0 saturated heterocycles. The maximum atomic E-state index is 9.02. The third-order valence-corrected chi connectivity index (χ3v) is 3.62. The average molecular weight is 299 g/mol. The van der Waals surface area contributed by atoms with Gasteiger partial charge in [-0.1, -0.05) is 17.7 Å². The van der Waals surface area contributed by atoms with E-state index in [4.69, 9.17) is 16.9 Å². The van der Waals surface area contributed by atoms with Crippen LogP contribution in [0.1, 0.15) is 11.1 Å². The van der Waals surface area contributed by atoms with Gasteiger partial charge < -0.3 is 4.90 Å². The third-order valence-electron chi connectivity index (χ3n) is 3.25. The van der Waals surface area contributed by atoms with Gasteiger partial charge >= 0.3 is 0 Å². The Kier molecular flexibility index (Phi) is 3.20. The summed E-state index contributed by atoms with van der Waals surface area (Å²) in [5.74, 6) is 1.20. The summed E-state index contributed by atoms with van der Waals surface area (Å²) in [4.78, 5) is 10.2. The van der Waals surface area contributed by atoms with Crippen LogP contribution in [0.25, 0.3) is 5.78 Å². The molecule has 0 atom stereocenters. The van der Waals surface area contributed by atoms with E-state index in [1.54, 1.807) is 16.6 Å². The number of hydrogen-bond acceptors (Lipinski definition) is 5. The van der Waals surface area contributed by atoms with Gasteiger partial charge in [0.2, 0.25) is 0 Å². The van der Waals surface area contributed by atoms with Crippen molar-refractivity contribution in [2.75, 3.05) is 11.9 Å². The Morgan fingerprint density at radius 2 is 2.19 bits per heavy atom. The molecule has 0 radical (unpaired) electrons. The molecule has 0 fully saturated rings. The molecule has 0 N–H and O–H groups in total. The summed E-state index contributed by atoms with van der Waals surface area (Å²) in [5.41, 5.74) is 2.24. The van der Waals surface area contributed by atoms with Crippen LogP contribution in [0.3, 0.4) is 0 Å². The highest BCUT2D eigenvalue weighted by Crippen LogP contribution is 2.30. The third kappa shape index (κ3) is 2.18. The maximum Gasteiger partial charge on any atom is 0.255 e. The number of hydrogen-bond donors (Lipinski definition) is 0. The highest BCUT2D eigenvalue weighted by atomic mass is 35.5. The van der Waals surface area contributed by atoms with Crippen molar-refractivity contribution >= 4 is 28.9 Å². The molecule has 21 heavy (non-hydrogen) atoms. The fourth-order valence-electron chi connectivity index (χ4n) is 2.18. The lowest BCUT2D eigenvalue weighted by molar-refractivity contribution is 0.900. The first kappa shape index (κ1) is 13.3.